The molecule has 0 fully saturated rings. The molecule has 0 amide bonds. The number of anilines is 2. The topological polar surface area (TPSA) is 52.0 Å². The van der Waals surface area contributed by atoms with Crippen LogP contribution in [0.15, 0.2) is 0 Å². The Kier molecular flexibility index (Phi) is 3.90. The molecule has 0 heterocycles. The first-order valence-electron chi connectivity index (χ1n) is 4.46. The molecule has 0 aromatic heterocycles. The summed E-state index contributed by atoms with van der Waals surface area (Å²) >= 11 is 36.3. The number of halogens is 6. The first-order chi connectivity index (χ1) is 8.29. The molecule has 2 rings (SSSR count). The lowest BCUT2D eigenvalue weighted by Gasteiger charge is -2.15. The van der Waals surface area contributed by atoms with Crippen LogP contribution in [-0.4, -0.2) is 0 Å². The van der Waals surface area contributed by atoms with Gasteiger partial charge in [0.25, 0.3) is 0 Å². The lowest BCUT2D eigenvalue weighted by Crippen LogP contribution is -1.96. The largest absolute Gasteiger partial charge is 0.396 e. The summed E-state index contributed by atoms with van der Waals surface area (Å²) < 4.78 is 0. The van der Waals surface area contributed by atoms with E-state index in [0.717, 1.165) is 0 Å². The SMILES string of the molecule is Nc1c(Cl)c(Cl)c2c(Cl)c(Cl)c(N)c(Cl)c2c1Cl. The van der Waals surface area contributed by atoms with Gasteiger partial charge in [-0.2, -0.15) is 0 Å². The van der Waals surface area contributed by atoms with Crippen LogP contribution in [0.4, 0.5) is 11.4 Å². The van der Waals surface area contributed by atoms with Crippen molar-refractivity contribution in [1.82, 2.24) is 0 Å². The van der Waals surface area contributed by atoms with Crippen molar-refractivity contribution < 1.29 is 0 Å². The average Bonchev–Trinajstić information content (AvgIpc) is 2.35. The van der Waals surface area contributed by atoms with Crippen LogP contribution in [0.1, 0.15) is 0 Å². The van der Waals surface area contributed by atoms with Crippen LogP contribution in [-0.2, 0) is 0 Å². The Bertz CT molecular complexity index is 569. The van der Waals surface area contributed by atoms with Gasteiger partial charge >= 0.3 is 0 Å². The standard InChI is InChI=1S/C10H4Cl6N2/c11-3-1-2(5(13)9(17)7(3)15)6(14)10(18)8(16)4(1)12/h17-18H2. The maximum atomic E-state index is 6.10. The molecular weight excluding hydrogens is 361 g/mol. The van der Waals surface area contributed by atoms with E-state index in [1.54, 1.807) is 0 Å². The second-order valence-corrected chi connectivity index (χ2v) is 5.73. The fourth-order valence-corrected chi connectivity index (χ4v) is 3.27. The van der Waals surface area contributed by atoms with E-state index in [-0.39, 0.29) is 41.5 Å². The zero-order valence-corrected chi connectivity index (χ0v) is 13.0. The van der Waals surface area contributed by atoms with E-state index < -0.39 is 0 Å². The van der Waals surface area contributed by atoms with Gasteiger partial charge in [0.2, 0.25) is 0 Å². The van der Waals surface area contributed by atoms with Crippen LogP contribution >= 0.6 is 69.6 Å². The number of nitrogens with two attached hydrogens (primary N) is 2. The Balaban J connectivity index is 3.22. The molecule has 0 bridgehead atoms. The molecule has 0 radical (unpaired) electrons. The van der Waals surface area contributed by atoms with Crippen molar-refractivity contribution in [2.24, 2.45) is 0 Å². The molecule has 2 aromatic carbocycles. The molecule has 2 aromatic rings. The molecule has 18 heavy (non-hydrogen) atoms. The summed E-state index contributed by atoms with van der Waals surface area (Å²) in [6, 6.07) is 0. The van der Waals surface area contributed by atoms with Crippen molar-refractivity contribution in [1.29, 1.82) is 0 Å². The van der Waals surface area contributed by atoms with Gasteiger partial charge in [-0.1, -0.05) is 69.6 Å². The molecule has 0 saturated heterocycles. The Morgan fingerprint density at radius 1 is 0.444 bits per heavy atom. The first kappa shape index (κ1) is 14.4. The average molecular weight is 365 g/mol. The number of hydrogen-bond acceptors (Lipinski definition) is 2. The van der Waals surface area contributed by atoms with E-state index in [2.05, 4.69) is 0 Å². The summed E-state index contributed by atoms with van der Waals surface area (Å²) in [5, 5.41) is 1.36. The highest BCUT2D eigenvalue weighted by Crippen LogP contribution is 2.51. The third kappa shape index (κ3) is 1.87. The van der Waals surface area contributed by atoms with E-state index in [0.29, 0.717) is 10.8 Å². The molecule has 0 atom stereocenters. The molecule has 0 unspecified atom stereocenters. The molecule has 0 aliphatic heterocycles. The maximum Gasteiger partial charge on any atom is 0.0844 e. The van der Waals surface area contributed by atoms with Crippen LogP contribution in [0, 0.1) is 0 Å². The van der Waals surface area contributed by atoms with Crippen LogP contribution < -0.4 is 11.5 Å². The summed E-state index contributed by atoms with van der Waals surface area (Å²) in [7, 11) is 0. The van der Waals surface area contributed by atoms with Crippen molar-refractivity contribution in [3.05, 3.63) is 30.1 Å². The van der Waals surface area contributed by atoms with Crippen molar-refractivity contribution in [3.63, 3.8) is 0 Å². The van der Waals surface area contributed by atoms with Crippen molar-refractivity contribution in [3.8, 4) is 0 Å². The van der Waals surface area contributed by atoms with E-state index in [1.165, 1.54) is 0 Å². The normalized spacial score (nSPS) is 11.2. The van der Waals surface area contributed by atoms with Crippen molar-refractivity contribution in [2.75, 3.05) is 11.5 Å². The summed E-state index contributed by atoms with van der Waals surface area (Å²) in [4.78, 5) is 0. The second-order valence-electron chi connectivity index (χ2n) is 3.46. The number of nitrogen functional groups attached to an aromatic ring is 2. The number of rotatable bonds is 0. The number of benzene rings is 2. The van der Waals surface area contributed by atoms with Crippen LogP contribution in [0.3, 0.4) is 0 Å². The highest BCUT2D eigenvalue weighted by atomic mass is 35.5. The highest BCUT2D eigenvalue weighted by molar-refractivity contribution is 6.58. The van der Waals surface area contributed by atoms with Gasteiger partial charge in [-0.05, 0) is 0 Å². The number of fused-ring (bicyclic) bond motifs is 1. The molecule has 0 spiro atoms. The molecule has 8 heteroatoms. The minimum atomic E-state index is 0.0907. The van der Waals surface area contributed by atoms with Gasteiger partial charge in [0.05, 0.1) is 41.5 Å². The third-order valence-electron chi connectivity index (χ3n) is 2.46. The summed E-state index contributed by atoms with van der Waals surface area (Å²) in [6.07, 6.45) is 0. The third-order valence-corrected chi connectivity index (χ3v) is 4.98. The highest BCUT2D eigenvalue weighted by Gasteiger charge is 2.23. The molecule has 0 aliphatic rings. The van der Waals surface area contributed by atoms with E-state index in [4.69, 9.17) is 81.1 Å². The molecule has 2 nitrogen and oxygen atoms in total. The van der Waals surface area contributed by atoms with Gasteiger partial charge in [-0.15, -0.1) is 0 Å². The molecule has 4 N–H and O–H groups in total. The molecular formula is C10H4Cl6N2. The fraction of sp³-hybridized carbons (Fsp3) is 0. The van der Waals surface area contributed by atoms with Crippen LogP contribution in [0.2, 0.25) is 30.1 Å². The minimum Gasteiger partial charge on any atom is -0.396 e. The van der Waals surface area contributed by atoms with Gasteiger partial charge < -0.3 is 11.5 Å². The summed E-state index contributed by atoms with van der Waals surface area (Å²) in [5.74, 6) is 0. The van der Waals surface area contributed by atoms with Gasteiger partial charge in [0.1, 0.15) is 0 Å². The van der Waals surface area contributed by atoms with E-state index in [1.807, 2.05) is 0 Å². The van der Waals surface area contributed by atoms with Gasteiger partial charge in [-0.3, -0.25) is 0 Å². The monoisotopic (exact) mass is 362 g/mol. The first-order valence-corrected chi connectivity index (χ1v) is 6.73. The van der Waals surface area contributed by atoms with Crippen LogP contribution in [0.25, 0.3) is 10.8 Å². The second kappa shape index (κ2) is 4.86. The van der Waals surface area contributed by atoms with Crippen molar-refractivity contribution in [2.45, 2.75) is 0 Å². The lowest BCUT2D eigenvalue weighted by molar-refractivity contribution is 1.70. The predicted octanol–water partition coefficient (Wildman–Crippen LogP) is 5.92. The van der Waals surface area contributed by atoms with Crippen molar-refractivity contribution >= 4 is 91.8 Å². The maximum absolute atomic E-state index is 6.10. The Morgan fingerprint density at radius 2 is 0.722 bits per heavy atom. The molecule has 96 valence electrons. The quantitative estimate of drug-likeness (QED) is 0.450. The zero-order chi connectivity index (χ0) is 13.8. The van der Waals surface area contributed by atoms with E-state index >= 15 is 0 Å². The Labute approximate surface area is 133 Å². The Morgan fingerprint density at radius 3 is 1.06 bits per heavy atom. The smallest absolute Gasteiger partial charge is 0.0844 e. The lowest BCUT2D eigenvalue weighted by atomic mass is 10.1. The van der Waals surface area contributed by atoms with Gasteiger partial charge in [0, 0.05) is 10.8 Å². The Hall–Kier alpha value is 0.0400. The van der Waals surface area contributed by atoms with Gasteiger partial charge in [-0.25, -0.2) is 0 Å². The van der Waals surface area contributed by atoms with E-state index in [9.17, 15) is 0 Å². The van der Waals surface area contributed by atoms with Crippen LogP contribution in [0.5, 0.6) is 0 Å². The molecule has 0 aliphatic carbocycles. The fourth-order valence-electron chi connectivity index (χ4n) is 1.55. The predicted molar refractivity (Wildman–Crippen MR) is 82.8 cm³/mol. The molecule has 0 saturated carbocycles. The zero-order valence-electron chi connectivity index (χ0n) is 8.42. The van der Waals surface area contributed by atoms with Gasteiger partial charge in [0.15, 0.2) is 0 Å². The minimum absolute atomic E-state index is 0.0907. The summed E-state index contributed by atoms with van der Waals surface area (Å²) in [6.45, 7) is 0. The summed E-state index contributed by atoms with van der Waals surface area (Å²) in [5.41, 5.74) is 11.7. The number of hydrogen-bond donors (Lipinski definition) is 2.